The fourth-order valence-electron chi connectivity index (χ4n) is 2.96. The summed E-state index contributed by atoms with van der Waals surface area (Å²) in [6, 6.07) is 6.98. The summed E-state index contributed by atoms with van der Waals surface area (Å²) in [6.45, 7) is 1.67. The largest absolute Gasteiger partial charge is 0.481 e. The molecular formula is C19H21BrN2O4. The lowest BCUT2D eigenvalue weighted by Gasteiger charge is -2.29. The Morgan fingerprint density at radius 1 is 1.42 bits per heavy atom. The van der Waals surface area contributed by atoms with E-state index in [2.05, 4.69) is 28.2 Å². The monoisotopic (exact) mass is 420 g/mol. The van der Waals surface area contributed by atoms with E-state index in [1.165, 1.54) is 12.5 Å². The molecule has 7 heteroatoms. The van der Waals surface area contributed by atoms with Gasteiger partial charge in [0.15, 0.2) is 6.61 Å². The highest BCUT2D eigenvalue weighted by atomic mass is 79.9. The van der Waals surface area contributed by atoms with Crippen molar-refractivity contribution < 1.29 is 19.4 Å². The topological polar surface area (TPSA) is 99.4 Å². The average molecular weight is 421 g/mol. The number of aliphatic carboxylic acids is 1. The van der Waals surface area contributed by atoms with E-state index >= 15 is 0 Å². The number of nitrogens with zero attached hydrogens (tertiary/aromatic N) is 1. The maximum absolute atomic E-state index is 12.4. The van der Waals surface area contributed by atoms with Crippen LogP contribution in [0.1, 0.15) is 38.2 Å². The van der Waals surface area contributed by atoms with Gasteiger partial charge in [-0.25, -0.2) is 4.79 Å². The molecule has 2 N–H and O–H groups in total. The zero-order chi connectivity index (χ0) is 19.1. The summed E-state index contributed by atoms with van der Waals surface area (Å²) in [5.41, 5.74) is 0.678. The van der Waals surface area contributed by atoms with Gasteiger partial charge in [-0.05, 0) is 58.5 Å². The normalized spacial score (nSPS) is 20.1. The molecule has 1 aromatic carbocycles. The summed E-state index contributed by atoms with van der Waals surface area (Å²) in [5.74, 6) is -0.647. The number of hydrogen-bond donors (Lipinski definition) is 2. The summed E-state index contributed by atoms with van der Waals surface area (Å²) < 4.78 is 5.68. The Balaban J connectivity index is 2.09. The van der Waals surface area contributed by atoms with Gasteiger partial charge in [0.2, 0.25) is 0 Å². The molecule has 6 nitrogen and oxygen atoms in total. The predicted octanol–water partition coefficient (Wildman–Crippen LogP) is 3.51. The number of benzene rings is 1. The first-order valence-corrected chi connectivity index (χ1v) is 9.27. The van der Waals surface area contributed by atoms with Crippen molar-refractivity contribution in [3.8, 4) is 11.8 Å². The quantitative estimate of drug-likeness (QED) is 0.541. The number of carbonyl (C=O) groups excluding carboxylic acids is 1. The number of hydrogen-bond acceptors (Lipinski definition) is 4. The number of carbonyl (C=O) groups is 2. The Morgan fingerprint density at radius 3 is 2.77 bits per heavy atom. The van der Waals surface area contributed by atoms with Crippen LogP contribution in [0.5, 0.6) is 5.75 Å². The molecule has 1 aliphatic rings. The fourth-order valence-corrected chi connectivity index (χ4v) is 3.47. The first kappa shape index (κ1) is 20.0. The van der Waals surface area contributed by atoms with Gasteiger partial charge in [-0.3, -0.25) is 4.79 Å². The Morgan fingerprint density at radius 2 is 2.15 bits per heavy atom. The van der Waals surface area contributed by atoms with Crippen molar-refractivity contribution in [2.75, 3.05) is 6.61 Å². The second-order valence-corrected chi connectivity index (χ2v) is 7.24. The molecule has 0 heterocycles. The summed E-state index contributed by atoms with van der Waals surface area (Å²) in [7, 11) is 0. The van der Waals surface area contributed by atoms with Gasteiger partial charge in [0.05, 0.1) is 4.47 Å². The molecule has 0 unspecified atom stereocenters. The molecule has 1 fully saturated rings. The summed E-state index contributed by atoms with van der Waals surface area (Å²) >= 11 is 3.30. The van der Waals surface area contributed by atoms with Gasteiger partial charge in [0, 0.05) is 6.04 Å². The number of carboxylic acid groups (broad SMARTS) is 1. The van der Waals surface area contributed by atoms with Crippen LogP contribution in [0, 0.1) is 17.2 Å². The van der Waals surface area contributed by atoms with Crippen molar-refractivity contribution in [3.05, 3.63) is 33.8 Å². The molecule has 1 saturated carbocycles. The van der Waals surface area contributed by atoms with Gasteiger partial charge in [0.25, 0.3) is 5.91 Å². The molecule has 26 heavy (non-hydrogen) atoms. The minimum Gasteiger partial charge on any atom is -0.481 e. The second kappa shape index (κ2) is 9.39. The van der Waals surface area contributed by atoms with E-state index in [-0.39, 0.29) is 17.5 Å². The van der Waals surface area contributed by atoms with Crippen LogP contribution in [-0.2, 0) is 9.59 Å². The van der Waals surface area contributed by atoms with Crippen molar-refractivity contribution >= 4 is 33.9 Å². The van der Waals surface area contributed by atoms with Crippen molar-refractivity contribution in [3.63, 3.8) is 0 Å². The first-order chi connectivity index (χ1) is 12.4. The number of amides is 1. The van der Waals surface area contributed by atoms with E-state index in [4.69, 9.17) is 9.84 Å². The van der Waals surface area contributed by atoms with Gasteiger partial charge >= 0.3 is 5.97 Å². The third-order valence-electron chi connectivity index (χ3n) is 4.41. The molecule has 138 valence electrons. The smallest absolute Gasteiger partial charge is 0.341 e. The Kier molecular flexibility index (Phi) is 7.22. The van der Waals surface area contributed by atoms with Gasteiger partial charge in [0.1, 0.15) is 17.4 Å². The summed E-state index contributed by atoms with van der Waals surface area (Å²) in [5, 5.41) is 21.0. The molecule has 0 aliphatic heterocycles. The molecule has 2 rings (SSSR count). The molecular weight excluding hydrogens is 400 g/mol. The van der Waals surface area contributed by atoms with Crippen molar-refractivity contribution in [2.24, 2.45) is 5.92 Å². The highest BCUT2D eigenvalue weighted by molar-refractivity contribution is 9.10. The minimum absolute atomic E-state index is 0.0360. The number of nitrogens with one attached hydrogen (secondary N) is 1. The van der Waals surface area contributed by atoms with E-state index in [0.717, 1.165) is 19.3 Å². The molecule has 2 atom stereocenters. The molecule has 0 aromatic heterocycles. The van der Waals surface area contributed by atoms with E-state index in [9.17, 15) is 14.9 Å². The summed E-state index contributed by atoms with van der Waals surface area (Å²) in [4.78, 5) is 23.0. The third-order valence-corrected chi connectivity index (χ3v) is 5.03. The predicted molar refractivity (Wildman–Crippen MR) is 100 cm³/mol. The van der Waals surface area contributed by atoms with E-state index in [0.29, 0.717) is 21.7 Å². The van der Waals surface area contributed by atoms with Crippen molar-refractivity contribution in [2.45, 2.75) is 38.6 Å². The van der Waals surface area contributed by atoms with Crippen LogP contribution in [0.4, 0.5) is 0 Å². The maximum Gasteiger partial charge on any atom is 0.341 e. The fraction of sp³-hybridized carbons (Fsp3) is 0.421. The highest BCUT2D eigenvalue weighted by Gasteiger charge is 2.24. The van der Waals surface area contributed by atoms with Crippen molar-refractivity contribution in [1.82, 2.24) is 5.32 Å². The van der Waals surface area contributed by atoms with Crippen LogP contribution in [0.25, 0.3) is 6.08 Å². The van der Waals surface area contributed by atoms with Crippen LogP contribution in [-0.4, -0.2) is 29.6 Å². The lowest BCUT2D eigenvalue weighted by Crippen LogP contribution is -2.41. The van der Waals surface area contributed by atoms with Crippen LogP contribution in [0.3, 0.4) is 0 Å². The molecule has 1 amide bonds. The average Bonchev–Trinajstić information content (AvgIpc) is 2.60. The molecule has 0 bridgehead atoms. The molecule has 0 radical (unpaired) electrons. The first-order valence-electron chi connectivity index (χ1n) is 8.47. The number of halogens is 1. The Labute approximate surface area is 161 Å². The minimum atomic E-state index is -1.07. The van der Waals surface area contributed by atoms with Crippen molar-refractivity contribution in [1.29, 1.82) is 5.26 Å². The number of rotatable bonds is 6. The van der Waals surface area contributed by atoms with E-state index in [1.54, 1.807) is 18.2 Å². The van der Waals surface area contributed by atoms with Gasteiger partial charge in [-0.2, -0.15) is 5.26 Å². The highest BCUT2D eigenvalue weighted by Crippen LogP contribution is 2.27. The summed E-state index contributed by atoms with van der Waals surface area (Å²) in [6.07, 6.45) is 5.80. The lowest BCUT2D eigenvalue weighted by atomic mass is 9.86. The zero-order valence-corrected chi connectivity index (χ0v) is 16.1. The SMILES string of the molecule is C[C@@H]1CCCC[C@@H]1NC(=O)/C(C#N)=C/c1ccc(OCC(=O)O)c(Br)c1. The Bertz CT molecular complexity index is 754. The van der Waals surface area contributed by atoms with Crippen LogP contribution in [0.2, 0.25) is 0 Å². The maximum atomic E-state index is 12.4. The molecule has 0 saturated heterocycles. The molecule has 0 spiro atoms. The Hall–Kier alpha value is -2.33. The second-order valence-electron chi connectivity index (χ2n) is 6.38. The zero-order valence-electron chi connectivity index (χ0n) is 14.5. The third kappa shape index (κ3) is 5.60. The lowest BCUT2D eigenvalue weighted by molar-refractivity contribution is -0.139. The van der Waals surface area contributed by atoms with E-state index < -0.39 is 12.6 Å². The number of ether oxygens (including phenoxy) is 1. The van der Waals surface area contributed by atoms with Gasteiger partial charge < -0.3 is 15.2 Å². The van der Waals surface area contributed by atoms with E-state index in [1.807, 2.05) is 6.07 Å². The van der Waals surface area contributed by atoms with Gasteiger partial charge in [-0.15, -0.1) is 0 Å². The molecule has 1 aromatic rings. The van der Waals surface area contributed by atoms with Gasteiger partial charge in [-0.1, -0.05) is 25.8 Å². The molecule has 1 aliphatic carbocycles. The van der Waals surface area contributed by atoms with Crippen LogP contribution in [0.15, 0.2) is 28.2 Å². The number of nitriles is 1. The van der Waals surface area contributed by atoms with Crippen LogP contribution >= 0.6 is 15.9 Å². The van der Waals surface area contributed by atoms with Crippen LogP contribution < -0.4 is 10.1 Å². The number of carboxylic acids is 1. The standard InChI is InChI=1S/C19H21BrN2O4/c1-12-4-2-3-5-16(12)22-19(25)14(10-21)8-13-6-7-17(15(20)9-13)26-11-18(23)24/h6-9,12,16H,2-5,11H2,1H3,(H,22,25)(H,23,24)/b14-8+/t12-,16+/m1/s1.